The van der Waals surface area contributed by atoms with Crippen LogP contribution in [0, 0.1) is 5.82 Å². The van der Waals surface area contributed by atoms with Crippen LogP contribution in [0.1, 0.15) is 23.2 Å². The summed E-state index contributed by atoms with van der Waals surface area (Å²) in [5.41, 5.74) is 1.73. The van der Waals surface area contributed by atoms with Crippen molar-refractivity contribution in [3.63, 3.8) is 0 Å². The lowest BCUT2D eigenvalue weighted by Gasteiger charge is -2.19. The van der Waals surface area contributed by atoms with Crippen molar-refractivity contribution in [3.8, 4) is 0 Å². The number of halogens is 1. The molecule has 1 unspecified atom stereocenters. The Balaban J connectivity index is 1.46. The van der Waals surface area contributed by atoms with E-state index in [0.717, 1.165) is 23.6 Å². The molecule has 0 spiro atoms. The second-order valence-electron chi connectivity index (χ2n) is 5.74. The van der Waals surface area contributed by atoms with Crippen molar-refractivity contribution >= 4 is 0 Å². The Kier molecular flexibility index (Phi) is 4.10. The van der Waals surface area contributed by atoms with Gasteiger partial charge in [-0.3, -0.25) is 4.90 Å². The quantitative estimate of drug-likeness (QED) is 0.720. The number of rotatable bonds is 5. The molecule has 0 amide bonds. The highest BCUT2D eigenvalue weighted by Gasteiger charge is 2.29. The summed E-state index contributed by atoms with van der Waals surface area (Å²) in [5, 5.41) is 8.39. The maximum Gasteiger partial charge on any atom is 0.157 e. The standard InChI is InChI=1S/C17H17FN4O2/c18-14-5-3-13(4-6-14)10-22-12-16(19-20-22)17-21(7-9-24-17)11-15-2-1-8-23-15/h1-6,8,12,17H,7,9-11H2. The van der Waals surface area contributed by atoms with Crippen LogP contribution in [0.25, 0.3) is 0 Å². The van der Waals surface area contributed by atoms with Crippen LogP contribution in [0.3, 0.4) is 0 Å². The average molecular weight is 328 g/mol. The number of aromatic nitrogens is 3. The fraction of sp³-hybridized carbons (Fsp3) is 0.294. The van der Waals surface area contributed by atoms with E-state index in [-0.39, 0.29) is 12.0 Å². The van der Waals surface area contributed by atoms with E-state index >= 15 is 0 Å². The van der Waals surface area contributed by atoms with Crippen molar-refractivity contribution in [2.45, 2.75) is 19.3 Å². The summed E-state index contributed by atoms with van der Waals surface area (Å²) in [7, 11) is 0. The maximum atomic E-state index is 13.0. The molecule has 24 heavy (non-hydrogen) atoms. The minimum absolute atomic E-state index is 0.225. The number of nitrogens with zero attached hydrogens (tertiary/aromatic N) is 4. The van der Waals surface area contributed by atoms with Crippen LogP contribution in [-0.4, -0.2) is 33.0 Å². The lowest BCUT2D eigenvalue weighted by molar-refractivity contribution is 0.0223. The zero-order chi connectivity index (χ0) is 16.4. The van der Waals surface area contributed by atoms with E-state index < -0.39 is 0 Å². The van der Waals surface area contributed by atoms with E-state index in [0.29, 0.717) is 19.7 Å². The predicted molar refractivity (Wildman–Crippen MR) is 83.3 cm³/mol. The van der Waals surface area contributed by atoms with Gasteiger partial charge in [0.05, 0.1) is 32.2 Å². The lowest BCUT2D eigenvalue weighted by atomic mass is 10.2. The van der Waals surface area contributed by atoms with Crippen LogP contribution >= 0.6 is 0 Å². The van der Waals surface area contributed by atoms with Gasteiger partial charge >= 0.3 is 0 Å². The van der Waals surface area contributed by atoms with Crippen LogP contribution in [0.15, 0.2) is 53.3 Å². The number of benzene rings is 1. The number of hydrogen-bond acceptors (Lipinski definition) is 5. The molecule has 3 heterocycles. The van der Waals surface area contributed by atoms with E-state index in [4.69, 9.17) is 9.15 Å². The third-order valence-electron chi connectivity index (χ3n) is 3.99. The highest BCUT2D eigenvalue weighted by molar-refractivity contribution is 5.16. The number of ether oxygens (including phenoxy) is 1. The molecule has 4 rings (SSSR count). The van der Waals surface area contributed by atoms with Gasteiger partial charge in [0.25, 0.3) is 0 Å². The molecule has 0 radical (unpaired) electrons. The molecule has 1 fully saturated rings. The summed E-state index contributed by atoms with van der Waals surface area (Å²) in [6.45, 7) is 2.67. The maximum absolute atomic E-state index is 13.0. The molecule has 1 atom stereocenters. The smallest absolute Gasteiger partial charge is 0.157 e. The molecule has 0 aliphatic carbocycles. The molecule has 1 aliphatic heterocycles. The van der Waals surface area contributed by atoms with E-state index in [1.54, 1.807) is 23.1 Å². The highest BCUT2D eigenvalue weighted by atomic mass is 19.1. The molecule has 124 valence electrons. The van der Waals surface area contributed by atoms with E-state index in [1.807, 2.05) is 18.3 Å². The van der Waals surface area contributed by atoms with E-state index in [2.05, 4.69) is 15.2 Å². The third-order valence-corrected chi connectivity index (χ3v) is 3.99. The zero-order valence-corrected chi connectivity index (χ0v) is 13.0. The Hall–Kier alpha value is -2.51. The summed E-state index contributed by atoms with van der Waals surface area (Å²) >= 11 is 0. The first-order valence-electron chi connectivity index (χ1n) is 7.80. The van der Waals surface area contributed by atoms with Crippen molar-refractivity contribution in [1.82, 2.24) is 19.9 Å². The summed E-state index contributed by atoms with van der Waals surface area (Å²) in [6.07, 6.45) is 3.31. The van der Waals surface area contributed by atoms with E-state index in [9.17, 15) is 4.39 Å². The summed E-state index contributed by atoms with van der Waals surface area (Å²) in [6, 6.07) is 10.2. The Morgan fingerprint density at radius 2 is 2.04 bits per heavy atom. The summed E-state index contributed by atoms with van der Waals surface area (Å²) in [4.78, 5) is 2.16. The largest absolute Gasteiger partial charge is 0.468 e. The van der Waals surface area contributed by atoms with Gasteiger partial charge in [0.1, 0.15) is 17.3 Å². The SMILES string of the molecule is Fc1ccc(Cn2cc(C3OCCN3Cc3ccco3)nn2)cc1. The predicted octanol–water partition coefficient (Wildman–Crippen LogP) is 2.59. The second-order valence-corrected chi connectivity index (χ2v) is 5.74. The molecule has 1 aromatic carbocycles. The first kappa shape index (κ1) is 15.0. The molecule has 2 aromatic heterocycles. The molecule has 1 saturated heterocycles. The molecule has 0 saturated carbocycles. The Morgan fingerprint density at radius 3 is 2.83 bits per heavy atom. The van der Waals surface area contributed by atoms with Crippen molar-refractivity contribution in [2.75, 3.05) is 13.2 Å². The van der Waals surface area contributed by atoms with Crippen LogP contribution in [-0.2, 0) is 17.8 Å². The normalized spacial score (nSPS) is 18.3. The first-order valence-corrected chi connectivity index (χ1v) is 7.80. The van der Waals surface area contributed by atoms with Gasteiger partial charge in [0, 0.05) is 6.54 Å². The first-order chi connectivity index (χ1) is 11.8. The van der Waals surface area contributed by atoms with Crippen LogP contribution in [0.4, 0.5) is 4.39 Å². The molecule has 1 aliphatic rings. The Labute approximate surface area is 138 Å². The second kappa shape index (κ2) is 6.54. The third kappa shape index (κ3) is 3.22. The topological polar surface area (TPSA) is 56.3 Å². The van der Waals surface area contributed by atoms with Crippen LogP contribution in [0.5, 0.6) is 0 Å². The molecule has 6 nitrogen and oxygen atoms in total. The zero-order valence-electron chi connectivity index (χ0n) is 13.0. The van der Waals surface area contributed by atoms with Crippen LogP contribution in [0.2, 0.25) is 0 Å². The number of furan rings is 1. The molecular formula is C17H17FN4O2. The fourth-order valence-electron chi connectivity index (χ4n) is 2.82. The van der Waals surface area contributed by atoms with Crippen molar-refractivity contribution in [1.29, 1.82) is 0 Å². The molecule has 0 N–H and O–H groups in total. The monoisotopic (exact) mass is 328 g/mol. The van der Waals surface area contributed by atoms with Gasteiger partial charge in [-0.25, -0.2) is 9.07 Å². The Bertz CT molecular complexity index is 785. The van der Waals surface area contributed by atoms with Gasteiger partial charge in [0.15, 0.2) is 6.23 Å². The minimum Gasteiger partial charge on any atom is -0.468 e. The van der Waals surface area contributed by atoms with Crippen LogP contribution < -0.4 is 0 Å². The molecule has 3 aromatic rings. The lowest BCUT2D eigenvalue weighted by Crippen LogP contribution is -2.23. The molecule has 0 bridgehead atoms. The molecule has 7 heteroatoms. The van der Waals surface area contributed by atoms with Gasteiger partial charge in [-0.05, 0) is 29.8 Å². The van der Waals surface area contributed by atoms with Gasteiger partial charge < -0.3 is 9.15 Å². The van der Waals surface area contributed by atoms with Gasteiger partial charge in [0.2, 0.25) is 0 Å². The average Bonchev–Trinajstić information content (AvgIpc) is 3.32. The summed E-state index contributed by atoms with van der Waals surface area (Å²) < 4.78 is 25.9. The van der Waals surface area contributed by atoms with Crippen molar-refractivity contribution in [3.05, 3.63) is 71.7 Å². The Morgan fingerprint density at radius 1 is 1.17 bits per heavy atom. The molecular weight excluding hydrogens is 311 g/mol. The summed E-state index contributed by atoms with van der Waals surface area (Å²) in [5.74, 6) is 0.648. The highest BCUT2D eigenvalue weighted by Crippen LogP contribution is 2.27. The fourth-order valence-corrected chi connectivity index (χ4v) is 2.82. The van der Waals surface area contributed by atoms with Gasteiger partial charge in [-0.15, -0.1) is 5.10 Å². The van der Waals surface area contributed by atoms with Gasteiger partial charge in [-0.2, -0.15) is 0 Å². The minimum atomic E-state index is -0.244. The van der Waals surface area contributed by atoms with Gasteiger partial charge in [-0.1, -0.05) is 17.3 Å². The van der Waals surface area contributed by atoms with E-state index in [1.165, 1.54) is 12.1 Å². The number of hydrogen-bond donors (Lipinski definition) is 0. The van der Waals surface area contributed by atoms with Crippen molar-refractivity contribution < 1.29 is 13.5 Å². The van der Waals surface area contributed by atoms with Crippen molar-refractivity contribution in [2.24, 2.45) is 0 Å².